The zero-order chi connectivity index (χ0) is 16.2. The van der Waals surface area contributed by atoms with Crippen LogP contribution in [-0.4, -0.2) is 9.91 Å². The van der Waals surface area contributed by atoms with Crippen LogP contribution in [0.1, 0.15) is 25.3 Å². The summed E-state index contributed by atoms with van der Waals surface area (Å²) in [5.41, 5.74) is 4.02. The third-order valence-electron chi connectivity index (χ3n) is 3.95. The molecule has 0 aliphatic heterocycles. The number of benzene rings is 2. The number of aromatic nitrogens is 1. The summed E-state index contributed by atoms with van der Waals surface area (Å²) in [5, 5.41) is 12.1. The number of fused-ring (bicyclic) bond motifs is 1. The minimum atomic E-state index is -0.361. The molecular formula is C19H18N2O2. The van der Waals surface area contributed by atoms with Crippen LogP contribution >= 0.6 is 0 Å². The van der Waals surface area contributed by atoms with Gasteiger partial charge in [-0.15, -0.1) is 0 Å². The second-order valence-electron chi connectivity index (χ2n) is 5.63. The molecule has 0 radical (unpaired) electrons. The molecule has 0 fully saturated rings. The molecule has 0 unspecified atom stereocenters. The van der Waals surface area contributed by atoms with E-state index in [9.17, 15) is 10.1 Å². The van der Waals surface area contributed by atoms with Crippen LogP contribution in [0.25, 0.3) is 22.0 Å². The Hall–Kier alpha value is -2.75. The van der Waals surface area contributed by atoms with Crippen LogP contribution in [0, 0.1) is 10.1 Å². The van der Waals surface area contributed by atoms with Gasteiger partial charge in [-0.1, -0.05) is 31.5 Å². The van der Waals surface area contributed by atoms with Gasteiger partial charge < -0.3 is 0 Å². The molecule has 4 heteroatoms. The number of non-ortho nitro benzene ring substituents is 1. The molecule has 1 heterocycles. The quantitative estimate of drug-likeness (QED) is 0.483. The lowest BCUT2D eigenvalue weighted by Gasteiger charge is -2.10. The molecule has 2 aromatic carbocycles. The summed E-state index contributed by atoms with van der Waals surface area (Å²) in [6.07, 6.45) is 5.02. The number of nitro benzene ring substituents is 1. The van der Waals surface area contributed by atoms with E-state index in [1.165, 1.54) is 11.6 Å². The highest BCUT2D eigenvalue weighted by molar-refractivity contribution is 5.94. The lowest BCUT2D eigenvalue weighted by Crippen LogP contribution is -1.92. The summed E-state index contributed by atoms with van der Waals surface area (Å²) >= 11 is 0. The first-order chi connectivity index (χ1) is 11.2. The van der Waals surface area contributed by atoms with Crippen molar-refractivity contribution in [1.82, 2.24) is 4.98 Å². The largest absolute Gasteiger partial charge is 0.270 e. The summed E-state index contributed by atoms with van der Waals surface area (Å²) in [7, 11) is 0. The Morgan fingerprint density at radius 3 is 2.78 bits per heavy atom. The number of aryl methyl sites for hydroxylation is 1. The number of nitro groups is 1. The van der Waals surface area contributed by atoms with Crippen LogP contribution in [-0.2, 0) is 6.42 Å². The molecule has 0 N–H and O–H groups in total. The van der Waals surface area contributed by atoms with Crippen LogP contribution < -0.4 is 0 Å². The molecule has 3 rings (SSSR count). The number of hydrogen-bond acceptors (Lipinski definition) is 3. The first kappa shape index (κ1) is 15.2. The minimum absolute atomic E-state index is 0.102. The van der Waals surface area contributed by atoms with Crippen molar-refractivity contribution in [2.45, 2.75) is 26.2 Å². The fourth-order valence-electron chi connectivity index (χ4n) is 2.79. The molecule has 0 aliphatic carbocycles. The molecule has 0 spiro atoms. The summed E-state index contributed by atoms with van der Waals surface area (Å²) in [4.78, 5) is 15.2. The summed E-state index contributed by atoms with van der Waals surface area (Å²) < 4.78 is 0. The van der Waals surface area contributed by atoms with E-state index < -0.39 is 0 Å². The van der Waals surface area contributed by atoms with Crippen molar-refractivity contribution >= 4 is 16.6 Å². The van der Waals surface area contributed by atoms with Gasteiger partial charge in [0.2, 0.25) is 0 Å². The highest BCUT2D eigenvalue weighted by atomic mass is 16.6. The number of pyridine rings is 1. The molecule has 3 aromatic rings. The highest BCUT2D eigenvalue weighted by Gasteiger charge is 2.11. The number of hydrogen-bond donors (Lipinski definition) is 0. The number of rotatable bonds is 5. The van der Waals surface area contributed by atoms with Gasteiger partial charge in [-0.3, -0.25) is 15.1 Å². The fraction of sp³-hybridized carbons (Fsp3) is 0.211. The number of unbranched alkanes of at least 4 members (excludes halogenated alkanes) is 1. The Bertz CT molecular complexity index is 859. The summed E-state index contributed by atoms with van der Waals surface area (Å²) in [6.45, 7) is 2.17. The molecule has 0 saturated carbocycles. The van der Waals surface area contributed by atoms with Gasteiger partial charge in [-0.25, -0.2) is 0 Å². The maximum absolute atomic E-state index is 11.0. The average molecular weight is 306 g/mol. The van der Waals surface area contributed by atoms with E-state index in [4.69, 9.17) is 0 Å². The van der Waals surface area contributed by atoms with Crippen LogP contribution in [0.3, 0.4) is 0 Å². The van der Waals surface area contributed by atoms with Gasteiger partial charge in [0, 0.05) is 29.3 Å². The Kier molecular flexibility index (Phi) is 4.33. The van der Waals surface area contributed by atoms with Gasteiger partial charge in [-0.05, 0) is 42.2 Å². The molecule has 4 nitrogen and oxygen atoms in total. The molecule has 23 heavy (non-hydrogen) atoms. The van der Waals surface area contributed by atoms with E-state index in [-0.39, 0.29) is 10.6 Å². The topological polar surface area (TPSA) is 56.0 Å². The summed E-state index contributed by atoms with van der Waals surface area (Å²) in [5.74, 6) is 0. The minimum Gasteiger partial charge on any atom is -0.258 e. The van der Waals surface area contributed by atoms with Crippen molar-refractivity contribution < 1.29 is 4.92 Å². The third-order valence-corrected chi connectivity index (χ3v) is 3.95. The van der Waals surface area contributed by atoms with Gasteiger partial charge >= 0.3 is 0 Å². The van der Waals surface area contributed by atoms with E-state index in [0.29, 0.717) is 0 Å². The van der Waals surface area contributed by atoms with Gasteiger partial charge in [-0.2, -0.15) is 0 Å². The van der Waals surface area contributed by atoms with Gasteiger partial charge in [0.15, 0.2) is 0 Å². The van der Waals surface area contributed by atoms with Crippen molar-refractivity contribution in [3.63, 3.8) is 0 Å². The molecular weight excluding hydrogens is 288 g/mol. The zero-order valence-corrected chi connectivity index (χ0v) is 13.0. The zero-order valence-electron chi connectivity index (χ0n) is 13.0. The Labute approximate surface area is 135 Å². The standard InChI is InChI=1S/C19H18N2O2/c1-2-3-6-14-11-16-8-5-10-20-19(16)18(12-14)15-7-4-9-17(13-15)21(22)23/h4-5,7-13H,2-3,6H2,1H3. The van der Waals surface area contributed by atoms with E-state index in [1.807, 2.05) is 18.2 Å². The van der Waals surface area contributed by atoms with Crippen LogP contribution in [0.2, 0.25) is 0 Å². The van der Waals surface area contributed by atoms with E-state index in [1.54, 1.807) is 18.3 Å². The van der Waals surface area contributed by atoms with Crippen molar-refractivity contribution in [2.24, 2.45) is 0 Å². The second-order valence-corrected chi connectivity index (χ2v) is 5.63. The van der Waals surface area contributed by atoms with Crippen molar-refractivity contribution in [2.75, 3.05) is 0 Å². The SMILES string of the molecule is CCCCc1cc(-c2cccc([N+](=O)[O-])c2)c2ncccc2c1. The van der Waals surface area contributed by atoms with Gasteiger partial charge in [0.25, 0.3) is 5.69 Å². The first-order valence-corrected chi connectivity index (χ1v) is 7.81. The highest BCUT2D eigenvalue weighted by Crippen LogP contribution is 2.31. The lowest BCUT2D eigenvalue weighted by atomic mass is 9.96. The maximum atomic E-state index is 11.0. The predicted molar refractivity (Wildman–Crippen MR) is 92.4 cm³/mol. The molecule has 0 saturated heterocycles. The molecule has 0 bridgehead atoms. The molecule has 116 valence electrons. The predicted octanol–water partition coefficient (Wildman–Crippen LogP) is 5.15. The Morgan fingerprint density at radius 1 is 1.13 bits per heavy atom. The van der Waals surface area contributed by atoms with Gasteiger partial charge in [0.1, 0.15) is 0 Å². The van der Waals surface area contributed by atoms with Crippen LogP contribution in [0.4, 0.5) is 5.69 Å². The molecule has 0 atom stereocenters. The Balaban J connectivity index is 2.18. The van der Waals surface area contributed by atoms with Crippen LogP contribution in [0.5, 0.6) is 0 Å². The monoisotopic (exact) mass is 306 g/mol. The Morgan fingerprint density at radius 2 is 2.00 bits per heavy atom. The van der Waals surface area contributed by atoms with Crippen molar-refractivity contribution in [3.05, 3.63) is 70.4 Å². The van der Waals surface area contributed by atoms with Crippen molar-refractivity contribution in [1.29, 1.82) is 0 Å². The molecule has 1 aromatic heterocycles. The average Bonchev–Trinajstić information content (AvgIpc) is 2.59. The normalized spacial score (nSPS) is 10.8. The first-order valence-electron chi connectivity index (χ1n) is 7.81. The van der Waals surface area contributed by atoms with E-state index in [0.717, 1.165) is 41.3 Å². The van der Waals surface area contributed by atoms with Crippen LogP contribution in [0.15, 0.2) is 54.7 Å². The smallest absolute Gasteiger partial charge is 0.258 e. The number of nitrogens with zero attached hydrogens (tertiary/aromatic N) is 2. The lowest BCUT2D eigenvalue weighted by molar-refractivity contribution is -0.384. The second kappa shape index (κ2) is 6.57. The maximum Gasteiger partial charge on any atom is 0.270 e. The van der Waals surface area contributed by atoms with Crippen molar-refractivity contribution in [3.8, 4) is 11.1 Å². The molecule has 0 amide bonds. The van der Waals surface area contributed by atoms with E-state index >= 15 is 0 Å². The summed E-state index contributed by atoms with van der Waals surface area (Å²) in [6, 6.07) is 15.0. The molecule has 0 aliphatic rings. The fourth-order valence-corrected chi connectivity index (χ4v) is 2.79. The third kappa shape index (κ3) is 3.21. The van der Waals surface area contributed by atoms with Gasteiger partial charge in [0.05, 0.1) is 10.4 Å². The van der Waals surface area contributed by atoms with E-state index in [2.05, 4.69) is 24.0 Å².